The molecule has 0 aromatic heterocycles. The van der Waals surface area contributed by atoms with Crippen molar-refractivity contribution in [2.45, 2.75) is 65.3 Å². The van der Waals surface area contributed by atoms with Gasteiger partial charge < -0.3 is 10.1 Å². The van der Waals surface area contributed by atoms with Gasteiger partial charge in [-0.3, -0.25) is 9.10 Å². The highest BCUT2D eigenvalue weighted by atomic mass is 32.2. The summed E-state index contributed by atoms with van der Waals surface area (Å²) in [6.07, 6.45) is 0.740. The van der Waals surface area contributed by atoms with Crippen LogP contribution in [0.4, 0.5) is 5.69 Å². The molecule has 2 aromatic rings. The van der Waals surface area contributed by atoms with E-state index in [1.807, 2.05) is 33.8 Å². The number of ether oxygens (including phenoxy) is 1. The van der Waals surface area contributed by atoms with Crippen molar-refractivity contribution < 1.29 is 17.9 Å². The van der Waals surface area contributed by atoms with E-state index in [1.54, 1.807) is 36.4 Å². The number of hydrogen-bond donors (Lipinski definition) is 1. The molecular weight excluding hydrogens is 424 g/mol. The second kappa shape index (κ2) is 9.53. The molecule has 0 aliphatic heterocycles. The number of methoxy groups -OCH3 is 1. The first-order chi connectivity index (χ1) is 14.6. The van der Waals surface area contributed by atoms with Crippen LogP contribution in [0.15, 0.2) is 47.4 Å². The number of amides is 1. The third-order valence-electron chi connectivity index (χ3n) is 4.95. The number of anilines is 1. The van der Waals surface area contributed by atoms with Gasteiger partial charge in [-0.15, -0.1) is 0 Å². The van der Waals surface area contributed by atoms with E-state index in [0.717, 1.165) is 21.9 Å². The predicted molar refractivity (Wildman–Crippen MR) is 130 cm³/mol. The van der Waals surface area contributed by atoms with Crippen LogP contribution in [0.5, 0.6) is 5.75 Å². The lowest BCUT2D eigenvalue weighted by atomic mass is 9.82. The van der Waals surface area contributed by atoms with Gasteiger partial charge in [0, 0.05) is 5.54 Å². The van der Waals surface area contributed by atoms with Crippen LogP contribution >= 0.6 is 0 Å². The fourth-order valence-corrected chi connectivity index (χ4v) is 5.47. The number of rotatable bonds is 8. The second-order valence-corrected chi connectivity index (χ2v) is 12.0. The molecule has 0 fully saturated rings. The van der Waals surface area contributed by atoms with Gasteiger partial charge in [-0.25, -0.2) is 8.42 Å². The standard InChI is InChI=1S/C25H36N2O4S/c1-18-9-12-20(13-10-18)32(29,30)27(21-15-19(2)11-14-22(21)31-8)16-23(28)26-25(6,7)17-24(3,4)5/h9-15H,16-17H2,1-8H3,(H,26,28). The van der Waals surface area contributed by atoms with E-state index < -0.39 is 15.6 Å². The predicted octanol–water partition coefficient (Wildman–Crippen LogP) is 4.84. The van der Waals surface area contributed by atoms with E-state index in [0.29, 0.717) is 11.4 Å². The Morgan fingerprint density at radius 2 is 1.53 bits per heavy atom. The van der Waals surface area contributed by atoms with Crippen molar-refractivity contribution in [3.8, 4) is 5.75 Å². The van der Waals surface area contributed by atoms with Crippen LogP contribution in [0.3, 0.4) is 0 Å². The van der Waals surface area contributed by atoms with E-state index in [-0.39, 0.29) is 22.8 Å². The topological polar surface area (TPSA) is 75.7 Å². The van der Waals surface area contributed by atoms with Crippen molar-refractivity contribution in [1.29, 1.82) is 0 Å². The maximum atomic E-state index is 13.6. The largest absolute Gasteiger partial charge is 0.495 e. The Kier molecular flexibility index (Phi) is 7.66. The molecule has 0 radical (unpaired) electrons. The molecule has 0 unspecified atom stereocenters. The minimum Gasteiger partial charge on any atom is -0.495 e. The van der Waals surface area contributed by atoms with Gasteiger partial charge in [0.05, 0.1) is 17.7 Å². The second-order valence-electron chi connectivity index (χ2n) is 10.2. The third kappa shape index (κ3) is 6.73. The zero-order valence-corrected chi connectivity index (χ0v) is 21.3. The molecule has 0 saturated heterocycles. The van der Waals surface area contributed by atoms with E-state index >= 15 is 0 Å². The molecule has 2 rings (SSSR count). The molecule has 0 atom stereocenters. The zero-order chi connectivity index (χ0) is 24.3. The zero-order valence-electron chi connectivity index (χ0n) is 20.4. The van der Waals surface area contributed by atoms with Gasteiger partial charge in [0.25, 0.3) is 10.0 Å². The number of aryl methyl sites for hydroxylation is 2. The molecule has 0 aliphatic rings. The van der Waals surface area contributed by atoms with E-state index in [4.69, 9.17) is 4.74 Å². The number of nitrogens with zero attached hydrogens (tertiary/aromatic N) is 1. The summed E-state index contributed by atoms with van der Waals surface area (Å²) in [5.41, 5.74) is 1.65. The van der Waals surface area contributed by atoms with Crippen LogP contribution in [0.2, 0.25) is 0 Å². The summed E-state index contributed by atoms with van der Waals surface area (Å²) in [5, 5.41) is 3.01. The van der Waals surface area contributed by atoms with Gasteiger partial charge in [0.15, 0.2) is 0 Å². The molecule has 2 aromatic carbocycles. The third-order valence-corrected chi connectivity index (χ3v) is 6.72. The van der Waals surface area contributed by atoms with E-state index in [9.17, 15) is 13.2 Å². The lowest BCUT2D eigenvalue weighted by molar-refractivity contribution is -0.121. The molecular formula is C25H36N2O4S. The molecule has 0 saturated carbocycles. The van der Waals surface area contributed by atoms with Crippen molar-refractivity contribution in [2.24, 2.45) is 5.41 Å². The highest BCUT2D eigenvalue weighted by Gasteiger charge is 2.32. The van der Waals surface area contributed by atoms with Gasteiger partial charge in [-0.2, -0.15) is 0 Å². The van der Waals surface area contributed by atoms with E-state index in [1.165, 1.54) is 7.11 Å². The summed E-state index contributed by atoms with van der Waals surface area (Å²) in [6, 6.07) is 11.9. The van der Waals surface area contributed by atoms with Crippen LogP contribution in [0, 0.1) is 19.3 Å². The fraction of sp³-hybridized carbons (Fsp3) is 0.480. The number of sulfonamides is 1. The Morgan fingerprint density at radius 3 is 2.06 bits per heavy atom. The van der Waals surface area contributed by atoms with Crippen LogP contribution in [0.25, 0.3) is 0 Å². The summed E-state index contributed by atoms with van der Waals surface area (Å²) in [6.45, 7) is 13.6. The first-order valence-corrected chi connectivity index (χ1v) is 12.1. The molecule has 0 heterocycles. The van der Waals surface area contributed by atoms with Gasteiger partial charge in [-0.1, -0.05) is 44.5 Å². The Balaban J connectivity index is 2.49. The average molecular weight is 461 g/mol. The minimum atomic E-state index is -4.01. The van der Waals surface area contributed by atoms with Crippen molar-refractivity contribution >= 4 is 21.6 Å². The van der Waals surface area contributed by atoms with Crippen LogP contribution in [0.1, 0.15) is 52.2 Å². The van der Waals surface area contributed by atoms with Crippen LogP contribution < -0.4 is 14.4 Å². The summed E-state index contributed by atoms with van der Waals surface area (Å²) < 4.78 is 33.9. The number of carbonyl (C=O) groups excluding carboxylic acids is 1. The molecule has 1 amide bonds. The Labute approximate surface area is 193 Å². The van der Waals surface area contributed by atoms with Crippen molar-refractivity contribution in [3.05, 3.63) is 53.6 Å². The normalized spacial score (nSPS) is 12.4. The first kappa shape index (κ1) is 25.7. The SMILES string of the molecule is COc1ccc(C)cc1N(CC(=O)NC(C)(C)CC(C)(C)C)S(=O)(=O)c1ccc(C)cc1. The molecule has 6 nitrogen and oxygen atoms in total. The lowest BCUT2D eigenvalue weighted by Crippen LogP contribution is -2.50. The van der Waals surface area contributed by atoms with Gasteiger partial charge >= 0.3 is 0 Å². The molecule has 0 aliphatic carbocycles. The average Bonchev–Trinajstić information content (AvgIpc) is 2.64. The summed E-state index contributed by atoms with van der Waals surface area (Å²) in [7, 11) is -2.53. The monoisotopic (exact) mass is 460 g/mol. The van der Waals surface area contributed by atoms with Crippen LogP contribution in [-0.2, 0) is 14.8 Å². The van der Waals surface area contributed by atoms with Gasteiger partial charge in [0.2, 0.25) is 5.91 Å². The highest BCUT2D eigenvalue weighted by molar-refractivity contribution is 7.92. The molecule has 0 spiro atoms. The van der Waals surface area contributed by atoms with E-state index in [2.05, 4.69) is 26.1 Å². The lowest BCUT2D eigenvalue weighted by Gasteiger charge is -2.34. The molecule has 1 N–H and O–H groups in total. The van der Waals surface area contributed by atoms with Crippen molar-refractivity contribution in [1.82, 2.24) is 5.32 Å². The fourth-order valence-electron chi connectivity index (χ4n) is 4.05. The van der Waals surface area contributed by atoms with Crippen molar-refractivity contribution in [2.75, 3.05) is 18.0 Å². The summed E-state index contributed by atoms with van der Waals surface area (Å²) in [4.78, 5) is 13.2. The number of carbonyl (C=O) groups is 1. The minimum absolute atomic E-state index is 0.00417. The first-order valence-electron chi connectivity index (χ1n) is 10.7. The quantitative estimate of drug-likeness (QED) is 0.612. The number of hydrogen-bond acceptors (Lipinski definition) is 4. The highest BCUT2D eigenvalue weighted by Crippen LogP contribution is 2.34. The maximum Gasteiger partial charge on any atom is 0.264 e. The molecule has 7 heteroatoms. The summed E-state index contributed by atoms with van der Waals surface area (Å²) >= 11 is 0. The molecule has 32 heavy (non-hydrogen) atoms. The van der Waals surface area contributed by atoms with Crippen molar-refractivity contribution in [3.63, 3.8) is 0 Å². The number of benzene rings is 2. The smallest absolute Gasteiger partial charge is 0.264 e. The molecule has 0 bridgehead atoms. The maximum absolute atomic E-state index is 13.6. The van der Waals surface area contributed by atoms with Gasteiger partial charge in [0.1, 0.15) is 12.3 Å². The molecule has 176 valence electrons. The van der Waals surface area contributed by atoms with Gasteiger partial charge in [-0.05, 0) is 69.4 Å². The van der Waals surface area contributed by atoms with Crippen LogP contribution in [-0.4, -0.2) is 33.5 Å². The Hall–Kier alpha value is -2.54. The Bertz CT molecular complexity index is 1050. The number of nitrogens with one attached hydrogen (secondary N) is 1. The Morgan fingerprint density at radius 1 is 0.969 bits per heavy atom. The summed E-state index contributed by atoms with van der Waals surface area (Å²) in [5.74, 6) is 0.00605.